The smallest absolute Gasteiger partial charge is 0.0196 e. The van der Waals surface area contributed by atoms with E-state index < -0.39 is 0 Å². The fourth-order valence-corrected chi connectivity index (χ4v) is 1.40. The number of rotatable bonds is 2. The zero-order valence-electron chi connectivity index (χ0n) is 7.51. The van der Waals surface area contributed by atoms with Gasteiger partial charge in [-0.25, -0.2) is 0 Å². The molecule has 1 aliphatic heterocycles. The van der Waals surface area contributed by atoms with Crippen LogP contribution in [-0.4, -0.2) is 37.1 Å². The van der Waals surface area contributed by atoms with Crippen LogP contribution in [0.5, 0.6) is 0 Å². The molecule has 1 atom stereocenters. The monoisotopic (exact) mass is 154 g/mol. The summed E-state index contributed by atoms with van der Waals surface area (Å²) in [5.41, 5.74) is 0. The number of nitrogens with zero attached hydrogens (tertiary/aromatic N) is 1. The molecule has 0 aliphatic carbocycles. The van der Waals surface area contributed by atoms with Crippen molar-refractivity contribution in [2.45, 2.75) is 19.9 Å². The second-order valence-electron chi connectivity index (χ2n) is 3.12. The van der Waals surface area contributed by atoms with Crippen molar-refractivity contribution in [3.8, 4) is 0 Å². The van der Waals surface area contributed by atoms with Gasteiger partial charge in [-0.05, 0) is 13.8 Å². The highest BCUT2D eigenvalue weighted by Gasteiger charge is 2.15. The molecule has 2 nitrogen and oxygen atoms in total. The summed E-state index contributed by atoms with van der Waals surface area (Å²) in [5, 5.41) is 3.38. The fraction of sp³-hybridized carbons (Fsp3) is 0.778. The topological polar surface area (TPSA) is 15.3 Å². The first-order valence-electron chi connectivity index (χ1n) is 4.40. The number of hydrogen-bond donors (Lipinski definition) is 1. The first-order valence-corrected chi connectivity index (χ1v) is 4.40. The Labute approximate surface area is 69.3 Å². The molecule has 1 rings (SSSR count). The molecular formula is C9H18N2. The van der Waals surface area contributed by atoms with E-state index in [1.165, 1.54) is 6.54 Å². The van der Waals surface area contributed by atoms with E-state index in [1.807, 2.05) is 0 Å². The Morgan fingerprint density at radius 3 is 3.09 bits per heavy atom. The summed E-state index contributed by atoms with van der Waals surface area (Å²) in [7, 11) is 0. The van der Waals surface area contributed by atoms with Gasteiger partial charge in [0.2, 0.25) is 0 Å². The molecular weight excluding hydrogens is 136 g/mol. The van der Waals surface area contributed by atoms with Crippen LogP contribution in [0.15, 0.2) is 12.2 Å². The molecule has 1 fully saturated rings. The molecule has 64 valence electrons. The minimum Gasteiger partial charge on any atom is -0.314 e. The van der Waals surface area contributed by atoms with Crippen LogP contribution in [0.4, 0.5) is 0 Å². The summed E-state index contributed by atoms with van der Waals surface area (Å²) >= 11 is 0. The second kappa shape index (κ2) is 4.52. The molecule has 0 aromatic carbocycles. The Morgan fingerprint density at radius 1 is 1.64 bits per heavy atom. The average Bonchev–Trinajstić information content (AvgIpc) is 2.03. The van der Waals surface area contributed by atoms with Gasteiger partial charge in [-0.1, -0.05) is 12.2 Å². The van der Waals surface area contributed by atoms with Crippen LogP contribution >= 0.6 is 0 Å². The van der Waals surface area contributed by atoms with Crippen molar-refractivity contribution in [1.29, 1.82) is 0 Å². The average molecular weight is 154 g/mol. The number of allylic oxidation sites excluding steroid dienone is 1. The van der Waals surface area contributed by atoms with Crippen LogP contribution in [0.3, 0.4) is 0 Å². The molecule has 0 amide bonds. The molecule has 0 aromatic heterocycles. The molecule has 0 bridgehead atoms. The van der Waals surface area contributed by atoms with Crippen molar-refractivity contribution in [1.82, 2.24) is 10.2 Å². The maximum absolute atomic E-state index is 3.38. The summed E-state index contributed by atoms with van der Waals surface area (Å²) < 4.78 is 0. The molecule has 0 spiro atoms. The Balaban J connectivity index is 2.29. The SMILES string of the molecule is CC=CCN1CCNC[C@H]1C. The van der Waals surface area contributed by atoms with Crippen LogP contribution < -0.4 is 5.32 Å². The second-order valence-corrected chi connectivity index (χ2v) is 3.12. The first-order chi connectivity index (χ1) is 5.34. The minimum absolute atomic E-state index is 0.694. The fourth-order valence-electron chi connectivity index (χ4n) is 1.40. The molecule has 0 radical (unpaired) electrons. The van der Waals surface area contributed by atoms with Crippen molar-refractivity contribution in [2.24, 2.45) is 0 Å². The summed E-state index contributed by atoms with van der Waals surface area (Å²) in [6.07, 6.45) is 4.34. The molecule has 1 aliphatic rings. The zero-order valence-corrected chi connectivity index (χ0v) is 7.51. The van der Waals surface area contributed by atoms with E-state index in [9.17, 15) is 0 Å². The third kappa shape index (κ3) is 2.64. The van der Waals surface area contributed by atoms with Crippen LogP contribution in [0.2, 0.25) is 0 Å². The predicted octanol–water partition coefficient (Wildman–Crippen LogP) is 0.856. The van der Waals surface area contributed by atoms with Gasteiger partial charge in [-0.2, -0.15) is 0 Å². The lowest BCUT2D eigenvalue weighted by Gasteiger charge is -2.32. The Morgan fingerprint density at radius 2 is 2.45 bits per heavy atom. The lowest BCUT2D eigenvalue weighted by molar-refractivity contribution is 0.192. The van der Waals surface area contributed by atoms with E-state index >= 15 is 0 Å². The van der Waals surface area contributed by atoms with Crippen LogP contribution in [-0.2, 0) is 0 Å². The molecule has 2 heteroatoms. The number of nitrogens with one attached hydrogen (secondary N) is 1. The van der Waals surface area contributed by atoms with Crippen LogP contribution in [0, 0.1) is 0 Å². The lowest BCUT2D eigenvalue weighted by Crippen LogP contribution is -2.49. The Bertz CT molecular complexity index is 132. The standard InChI is InChI=1S/C9H18N2/c1-3-4-6-11-7-5-10-8-9(11)2/h3-4,9-10H,5-8H2,1-2H3/t9-/m1/s1. The van der Waals surface area contributed by atoms with E-state index in [4.69, 9.17) is 0 Å². The van der Waals surface area contributed by atoms with Gasteiger partial charge in [0.1, 0.15) is 0 Å². The Hall–Kier alpha value is -0.340. The van der Waals surface area contributed by atoms with Gasteiger partial charge >= 0.3 is 0 Å². The normalized spacial score (nSPS) is 28.0. The third-order valence-corrected chi connectivity index (χ3v) is 2.21. The van der Waals surface area contributed by atoms with Crippen molar-refractivity contribution in [3.63, 3.8) is 0 Å². The first kappa shape index (κ1) is 8.75. The highest BCUT2D eigenvalue weighted by Crippen LogP contribution is 2.01. The zero-order chi connectivity index (χ0) is 8.10. The number of hydrogen-bond acceptors (Lipinski definition) is 2. The van der Waals surface area contributed by atoms with Crippen molar-refractivity contribution < 1.29 is 0 Å². The van der Waals surface area contributed by atoms with Gasteiger partial charge in [0, 0.05) is 32.2 Å². The lowest BCUT2D eigenvalue weighted by atomic mass is 10.2. The van der Waals surface area contributed by atoms with E-state index in [-0.39, 0.29) is 0 Å². The van der Waals surface area contributed by atoms with Crippen molar-refractivity contribution >= 4 is 0 Å². The molecule has 1 heterocycles. The summed E-state index contributed by atoms with van der Waals surface area (Å²) in [4.78, 5) is 2.50. The third-order valence-electron chi connectivity index (χ3n) is 2.21. The quantitative estimate of drug-likeness (QED) is 0.593. The maximum Gasteiger partial charge on any atom is 0.0196 e. The molecule has 0 saturated carbocycles. The molecule has 0 unspecified atom stereocenters. The van der Waals surface area contributed by atoms with Crippen molar-refractivity contribution in [3.05, 3.63) is 12.2 Å². The van der Waals surface area contributed by atoms with Gasteiger partial charge in [0.15, 0.2) is 0 Å². The molecule has 11 heavy (non-hydrogen) atoms. The highest BCUT2D eigenvalue weighted by atomic mass is 15.2. The summed E-state index contributed by atoms with van der Waals surface area (Å²) in [6, 6.07) is 0.694. The summed E-state index contributed by atoms with van der Waals surface area (Å²) in [6.45, 7) is 8.92. The van der Waals surface area contributed by atoms with Crippen LogP contribution in [0.25, 0.3) is 0 Å². The summed E-state index contributed by atoms with van der Waals surface area (Å²) in [5.74, 6) is 0. The maximum atomic E-state index is 3.38. The van der Waals surface area contributed by atoms with E-state index in [0.29, 0.717) is 6.04 Å². The van der Waals surface area contributed by atoms with Gasteiger partial charge in [-0.3, -0.25) is 4.90 Å². The predicted molar refractivity (Wildman–Crippen MR) is 48.7 cm³/mol. The van der Waals surface area contributed by atoms with Gasteiger partial charge in [0.25, 0.3) is 0 Å². The van der Waals surface area contributed by atoms with Gasteiger partial charge < -0.3 is 5.32 Å². The van der Waals surface area contributed by atoms with Crippen molar-refractivity contribution in [2.75, 3.05) is 26.2 Å². The van der Waals surface area contributed by atoms with E-state index in [2.05, 4.69) is 36.2 Å². The van der Waals surface area contributed by atoms with Gasteiger partial charge in [0.05, 0.1) is 0 Å². The van der Waals surface area contributed by atoms with Crippen LogP contribution in [0.1, 0.15) is 13.8 Å². The molecule has 1 N–H and O–H groups in total. The highest BCUT2D eigenvalue weighted by molar-refractivity contribution is 4.85. The largest absolute Gasteiger partial charge is 0.314 e. The number of piperazine rings is 1. The van der Waals surface area contributed by atoms with E-state index in [1.54, 1.807) is 0 Å². The Kier molecular flexibility index (Phi) is 3.60. The van der Waals surface area contributed by atoms with E-state index in [0.717, 1.165) is 19.6 Å². The molecule has 0 aromatic rings. The minimum atomic E-state index is 0.694. The molecule has 1 saturated heterocycles. The van der Waals surface area contributed by atoms with Gasteiger partial charge in [-0.15, -0.1) is 0 Å².